The zero-order chi connectivity index (χ0) is 29.4. The summed E-state index contributed by atoms with van der Waals surface area (Å²) >= 11 is 0. The van der Waals surface area contributed by atoms with E-state index in [1.165, 1.54) is 17.9 Å². The standard InChI is InChI=1S/C28H30FN7O5/c1-17(37)32-14-22-15-36(28(39)41-22)21-11-12-23(24(29)13-21)19-7-9-20(10-8-19)25(26(30)34-35-31)33-27(38)40-16-18-5-3-2-4-6-18/h2-13,22,25,35H,14-16,31H2,1H3,(H2,30,34)(H,32,37)(H,33,38). The van der Waals surface area contributed by atoms with Gasteiger partial charge in [0.25, 0.3) is 0 Å². The second-order valence-electron chi connectivity index (χ2n) is 9.14. The van der Waals surface area contributed by atoms with Crippen molar-refractivity contribution in [2.75, 3.05) is 18.0 Å². The molecule has 3 amide bonds. The quantitative estimate of drug-likeness (QED) is 0.108. The average Bonchev–Trinajstić information content (AvgIpc) is 3.35. The van der Waals surface area contributed by atoms with Crippen molar-refractivity contribution < 1.29 is 28.2 Å². The first-order chi connectivity index (χ1) is 19.7. The molecule has 13 heteroatoms. The smallest absolute Gasteiger partial charge is 0.414 e. The van der Waals surface area contributed by atoms with Gasteiger partial charge in [-0.3, -0.25) is 9.69 Å². The highest BCUT2D eigenvalue weighted by Crippen LogP contribution is 2.30. The first kappa shape index (κ1) is 28.8. The largest absolute Gasteiger partial charge is 0.445 e. The van der Waals surface area contributed by atoms with Gasteiger partial charge in [0, 0.05) is 12.5 Å². The lowest BCUT2D eigenvalue weighted by molar-refractivity contribution is -0.119. The van der Waals surface area contributed by atoms with Gasteiger partial charge in [-0.05, 0) is 34.9 Å². The van der Waals surface area contributed by atoms with Crippen molar-refractivity contribution >= 4 is 29.6 Å². The van der Waals surface area contributed by atoms with Crippen LogP contribution < -0.4 is 32.6 Å². The number of nitrogens with one attached hydrogen (secondary N) is 3. The van der Waals surface area contributed by atoms with Gasteiger partial charge in [0.2, 0.25) is 5.91 Å². The number of rotatable bonds is 10. The number of cyclic esters (lactones) is 1. The normalized spacial score (nSPS) is 15.6. The summed E-state index contributed by atoms with van der Waals surface area (Å²) in [6.45, 7) is 1.77. The number of carbonyl (C=O) groups is 3. The minimum absolute atomic E-state index is 0.0262. The van der Waals surface area contributed by atoms with Gasteiger partial charge in [-0.2, -0.15) is 0 Å². The molecule has 1 aliphatic rings. The third-order valence-electron chi connectivity index (χ3n) is 6.24. The van der Waals surface area contributed by atoms with Crippen molar-refractivity contribution in [3.8, 4) is 11.1 Å². The van der Waals surface area contributed by atoms with Crippen LogP contribution in [-0.2, 0) is 20.9 Å². The highest BCUT2D eigenvalue weighted by molar-refractivity contribution is 5.91. The van der Waals surface area contributed by atoms with Crippen molar-refractivity contribution in [3.05, 3.63) is 89.7 Å². The van der Waals surface area contributed by atoms with Crippen LogP contribution in [0.1, 0.15) is 24.1 Å². The molecule has 0 aliphatic carbocycles. The Hall–Kier alpha value is -5.17. The molecular weight excluding hydrogens is 533 g/mol. The fourth-order valence-electron chi connectivity index (χ4n) is 4.21. The number of hydrogen-bond donors (Lipinski definition) is 5. The Bertz CT molecular complexity index is 1420. The minimum Gasteiger partial charge on any atom is -0.445 e. The van der Waals surface area contributed by atoms with Crippen LogP contribution in [0.2, 0.25) is 0 Å². The molecule has 1 saturated heterocycles. The first-order valence-corrected chi connectivity index (χ1v) is 12.6. The number of nitrogens with two attached hydrogens (primary N) is 2. The van der Waals surface area contributed by atoms with E-state index in [9.17, 15) is 14.4 Å². The summed E-state index contributed by atoms with van der Waals surface area (Å²) < 4.78 is 25.7. The fraction of sp³-hybridized carbons (Fsp3) is 0.214. The molecule has 0 aromatic heterocycles. The molecule has 4 rings (SSSR count). The topological polar surface area (TPSA) is 173 Å². The second-order valence-corrected chi connectivity index (χ2v) is 9.14. The van der Waals surface area contributed by atoms with Gasteiger partial charge < -0.3 is 25.8 Å². The number of nitrogens with zero attached hydrogens (tertiary/aromatic N) is 2. The summed E-state index contributed by atoms with van der Waals surface area (Å²) in [7, 11) is 0. The highest BCUT2D eigenvalue weighted by atomic mass is 19.1. The summed E-state index contributed by atoms with van der Waals surface area (Å²) in [4.78, 5) is 37.2. The number of benzene rings is 3. The number of hydrogen-bond acceptors (Lipinski definition) is 8. The van der Waals surface area contributed by atoms with E-state index in [-0.39, 0.29) is 31.4 Å². The molecule has 1 fully saturated rings. The van der Waals surface area contributed by atoms with Gasteiger partial charge in [0.15, 0.2) is 0 Å². The van der Waals surface area contributed by atoms with E-state index in [0.717, 1.165) is 5.56 Å². The van der Waals surface area contributed by atoms with Crippen LogP contribution >= 0.6 is 0 Å². The molecule has 2 atom stereocenters. The molecule has 214 valence electrons. The maximum Gasteiger partial charge on any atom is 0.414 e. The number of carbonyl (C=O) groups excluding carboxylic acids is 3. The predicted octanol–water partition coefficient (Wildman–Crippen LogP) is 2.66. The SMILES string of the molecule is CC(=O)NCC1CN(c2ccc(-c3ccc(C(NC(=O)OCc4ccccc4)/C(N)=N/NN)cc3)c(F)c2)C(=O)O1. The summed E-state index contributed by atoms with van der Waals surface area (Å²) in [6.07, 6.45) is -1.88. The molecule has 1 heterocycles. The van der Waals surface area contributed by atoms with Crippen molar-refractivity contribution in [1.82, 2.24) is 16.2 Å². The number of ether oxygens (including phenoxy) is 2. The Morgan fingerprint density at radius 3 is 2.54 bits per heavy atom. The van der Waals surface area contributed by atoms with Gasteiger partial charge in [0.05, 0.1) is 18.8 Å². The van der Waals surface area contributed by atoms with Gasteiger partial charge in [-0.1, -0.05) is 54.6 Å². The lowest BCUT2D eigenvalue weighted by atomic mass is 9.99. The van der Waals surface area contributed by atoms with Crippen molar-refractivity contribution in [2.24, 2.45) is 16.7 Å². The molecule has 12 nitrogen and oxygen atoms in total. The van der Waals surface area contributed by atoms with Crippen LogP contribution in [0.15, 0.2) is 77.9 Å². The number of amides is 3. The van der Waals surface area contributed by atoms with E-state index >= 15 is 4.39 Å². The molecule has 7 N–H and O–H groups in total. The minimum atomic E-state index is -0.887. The molecule has 1 aliphatic heterocycles. The lowest BCUT2D eigenvalue weighted by Crippen LogP contribution is -2.39. The maximum atomic E-state index is 15.2. The van der Waals surface area contributed by atoms with E-state index in [1.54, 1.807) is 36.4 Å². The molecule has 3 aromatic rings. The number of hydrazine groups is 1. The Kier molecular flexibility index (Phi) is 9.32. The van der Waals surface area contributed by atoms with Gasteiger partial charge in [-0.15, -0.1) is 5.10 Å². The van der Waals surface area contributed by atoms with E-state index in [1.807, 2.05) is 30.3 Å². The first-order valence-electron chi connectivity index (χ1n) is 12.6. The highest BCUT2D eigenvalue weighted by Gasteiger charge is 2.32. The second kappa shape index (κ2) is 13.3. The number of halogens is 1. The van der Waals surface area contributed by atoms with E-state index in [0.29, 0.717) is 22.4 Å². The summed E-state index contributed by atoms with van der Waals surface area (Å²) in [5, 5.41) is 9.04. The van der Waals surface area contributed by atoms with Crippen molar-refractivity contribution in [2.45, 2.75) is 25.7 Å². The fourth-order valence-corrected chi connectivity index (χ4v) is 4.21. The molecule has 0 saturated carbocycles. The van der Waals surface area contributed by atoms with Crippen LogP contribution in [-0.4, -0.2) is 43.1 Å². The van der Waals surface area contributed by atoms with E-state index in [4.69, 9.17) is 21.1 Å². The summed E-state index contributed by atoms with van der Waals surface area (Å²) in [6, 6.07) is 19.3. The molecule has 0 spiro atoms. The molecule has 0 radical (unpaired) electrons. The number of amidine groups is 1. The number of hydrazone groups is 1. The van der Waals surface area contributed by atoms with Crippen LogP contribution in [0.5, 0.6) is 0 Å². The van der Waals surface area contributed by atoms with Crippen LogP contribution in [0.25, 0.3) is 11.1 Å². The monoisotopic (exact) mass is 563 g/mol. The summed E-state index contributed by atoms with van der Waals surface area (Å²) in [5.74, 6) is 4.46. The Balaban J connectivity index is 1.46. The number of anilines is 1. The molecule has 3 aromatic carbocycles. The van der Waals surface area contributed by atoms with Crippen molar-refractivity contribution in [3.63, 3.8) is 0 Å². The zero-order valence-electron chi connectivity index (χ0n) is 22.2. The van der Waals surface area contributed by atoms with Gasteiger partial charge in [-0.25, -0.2) is 25.4 Å². The van der Waals surface area contributed by atoms with Gasteiger partial charge in [0.1, 0.15) is 30.4 Å². The van der Waals surface area contributed by atoms with Crippen molar-refractivity contribution in [1.29, 1.82) is 0 Å². The van der Waals surface area contributed by atoms with Crippen LogP contribution in [0.4, 0.5) is 19.7 Å². The van der Waals surface area contributed by atoms with Gasteiger partial charge >= 0.3 is 12.2 Å². The predicted molar refractivity (Wildman–Crippen MR) is 150 cm³/mol. The zero-order valence-corrected chi connectivity index (χ0v) is 22.2. The molecular formula is C28H30FN7O5. The molecule has 2 unspecified atom stereocenters. The number of alkyl carbamates (subject to hydrolysis) is 1. The average molecular weight is 564 g/mol. The molecule has 0 bridgehead atoms. The van der Waals surface area contributed by atoms with Crippen LogP contribution in [0, 0.1) is 5.82 Å². The summed E-state index contributed by atoms with van der Waals surface area (Å²) in [5.41, 5.74) is 10.7. The third kappa shape index (κ3) is 7.48. The van der Waals surface area contributed by atoms with E-state index < -0.39 is 30.1 Å². The third-order valence-corrected chi connectivity index (χ3v) is 6.24. The Morgan fingerprint density at radius 2 is 1.88 bits per heavy atom. The Labute approximate surface area is 235 Å². The maximum absolute atomic E-state index is 15.2. The lowest BCUT2D eigenvalue weighted by Gasteiger charge is -2.19. The molecule has 41 heavy (non-hydrogen) atoms. The Morgan fingerprint density at radius 1 is 1.15 bits per heavy atom. The van der Waals surface area contributed by atoms with Crippen LogP contribution in [0.3, 0.4) is 0 Å². The van der Waals surface area contributed by atoms with E-state index in [2.05, 4.69) is 21.3 Å².